The maximum atomic E-state index is 13.4. The zero-order chi connectivity index (χ0) is 50.3. The number of aliphatic hydroxyl groups excluding tert-OH is 8. The van der Waals surface area contributed by atoms with Gasteiger partial charge in [0.1, 0.15) is 67.6 Å². The molecule has 14 atom stereocenters. The highest BCUT2D eigenvalue weighted by atomic mass is 31.2. The van der Waals surface area contributed by atoms with Gasteiger partial charge in [-0.3, -0.25) is 18.6 Å². The number of esters is 2. The molecule has 2 aliphatic rings. The third kappa shape index (κ3) is 25.3. The van der Waals surface area contributed by atoms with E-state index in [1.165, 1.54) is 103 Å². The molecule has 0 aromatic rings. The molecule has 402 valence electrons. The Bertz CT molecular complexity index is 1340. The first kappa shape index (κ1) is 62.8. The first-order chi connectivity index (χ1) is 32.6. The molecule has 1 heterocycles. The summed E-state index contributed by atoms with van der Waals surface area (Å²) in [5.74, 6) is -0.472. The van der Waals surface area contributed by atoms with Crippen molar-refractivity contribution in [3.63, 3.8) is 0 Å². The van der Waals surface area contributed by atoms with Crippen molar-refractivity contribution in [3.8, 4) is 0 Å². The van der Waals surface area contributed by atoms with E-state index in [0.717, 1.165) is 57.3 Å². The predicted octanol–water partition coefficient (Wildman–Crippen LogP) is 6.18. The summed E-state index contributed by atoms with van der Waals surface area (Å²) in [6.07, 6.45) is 6.17. The number of phosphoric acid groups is 1. The number of hydrogen-bond acceptors (Lipinski definition) is 17. The third-order valence-corrected chi connectivity index (χ3v) is 14.2. The molecule has 0 amide bonds. The first-order valence-electron chi connectivity index (χ1n) is 26.3. The van der Waals surface area contributed by atoms with Gasteiger partial charge in [0.05, 0.1) is 13.2 Å². The van der Waals surface area contributed by atoms with Gasteiger partial charge in [0.2, 0.25) is 0 Å². The lowest BCUT2D eigenvalue weighted by atomic mass is 9.84. The Morgan fingerprint density at radius 2 is 0.971 bits per heavy atom. The van der Waals surface area contributed by atoms with Crippen LogP contribution in [0.5, 0.6) is 0 Å². The van der Waals surface area contributed by atoms with Gasteiger partial charge in [-0.15, -0.1) is 0 Å². The number of carbonyl (C=O) groups is 2. The average molecular weight is 1000 g/mol. The van der Waals surface area contributed by atoms with E-state index < -0.39 is 113 Å². The molecular formula is C49H93O18P. The summed E-state index contributed by atoms with van der Waals surface area (Å²) >= 11 is 0. The zero-order valence-corrected chi connectivity index (χ0v) is 42.5. The molecular weight excluding hydrogens is 907 g/mol. The lowest BCUT2D eigenvalue weighted by Gasteiger charge is -2.47. The summed E-state index contributed by atoms with van der Waals surface area (Å²) in [6, 6.07) is 0. The number of ether oxygens (including phenoxy) is 4. The Morgan fingerprint density at radius 3 is 1.46 bits per heavy atom. The molecule has 0 radical (unpaired) electrons. The van der Waals surface area contributed by atoms with Gasteiger partial charge in [-0.1, -0.05) is 175 Å². The lowest BCUT2D eigenvalue weighted by molar-refractivity contribution is -0.338. The van der Waals surface area contributed by atoms with Crippen LogP contribution in [0, 0.1) is 5.92 Å². The van der Waals surface area contributed by atoms with Gasteiger partial charge in [-0.25, -0.2) is 4.57 Å². The molecule has 0 spiro atoms. The fourth-order valence-corrected chi connectivity index (χ4v) is 9.74. The molecule has 0 aromatic carbocycles. The lowest BCUT2D eigenvalue weighted by Crippen LogP contribution is -2.67. The summed E-state index contributed by atoms with van der Waals surface area (Å²) in [5, 5.41) is 83.0. The molecule has 14 unspecified atom stereocenters. The Hall–Kier alpha value is -1.35. The van der Waals surface area contributed by atoms with Crippen LogP contribution in [0.4, 0.5) is 0 Å². The SMILES string of the molecule is CCCCCCCCCCCCCCC(=O)OC(COC(=O)CCCCCCCCC(C)CCCCCCCC)COP(=O)(O)OC1C(O)C(O)C(O)C(O)C1OC1OC(CO)C(O)C(O)C1O. The molecule has 2 rings (SSSR count). The Morgan fingerprint density at radius 1 is 0.544 bits per heavy atom. The maximum absolute atomic E-state index is 13.4. The highest BCUT2D eigenvalue weighted by Crippen LogP contribution is 2.48. The van der Waals surface area contributed by atoms with Crippen LogP contribution in [0.3, 0.4) is 0 Å². The van der Waals surface area contributed by atoms with Crippen molar-refractivity contribution < 1.29 is 87.9 Å². The van der Waals surface area contributed by atoms with E-state index >= 15 is 0 Å². The van der Waals surface area contributed by atoms with Gasteiger partial charge in [-0.05, 0) is 18.8 Å². The van der Waals surface area contributed by atoms with Crippen molar-refractivity contribution in [3.05, 3.63) is 0 Å². The number of phosphoric ester groups is 1. The Labute approximate surface area is 406 Å². The highest BCUT2D eigenvalue weighted by molar-refractivity contribution is 7.47. The van der Waals surface area contributed by atoms with Crippen molar-refractivity contribution in [1.82, 2.24) is 0 Å². The van der Waals surface area contributed by atoms with Gasteiger partial charge in [0.15, 0.2) is 12.4 Å². The molecule has 19 heteroatoms. The van der Waals surface area contributed by atoms with Crippen molar-refractivity contribution in [2.24, 2.45) is 5.92 Å². The highest BCUT2D eigenvalue weighted by Gasteiger charge is 2.55. The van der Waals surface area contributed by atoms with E-state index in [1.54, 1.807) is 0 Å². The average Bonchev–Trinajstić information content (AvgIpc) is 3.31. The minimum atomic E-state index is -5.37. The molecule has 1 saturated carbocycles. The molecule has 2 fully saturated rings. The van der Waals surface area contributed by atoms with Crippen LogP contribution in [0.1, 0.15) is 201 Å². The summed E-state index contributed by atoms with van der Waals surface area (Å²) < 4.78 is 45.5. The van der Waals surface area contributed by atoms with Gasteiger partial charge in [0.25, 0.3) is 0 Å². The van der Waals surface area contributed by atoms with E-state index in [-0.39, 0.29) is 12.8 Å². The zero-order valence-electron chi connectivity index (χ0n) is 41.6. The van der Waals surface area contributed by atoms with Gasteiger partial charge in [0, 0.05) is 12.8 Å². The smallest absolute Gasteiger partial charge is 0.462 e. The van der Waals surface area contributed by atoms with Crippen molar-refractivity contribution in [1.29, 1.82) is 0 Å². The molecule has 0 bridgehead atoms. The second-order valence-electron chi connectivity index (χ2n) is 19.4. The standard InChI is InChI=1S/C49H93O18P/c1-4-6-8-10-12-13-14-15-16-17-23-27-31-39(52)64-36(33-62-38(51)30-26-22-19-18-21-25-29-35(3)28-24-20-11-9-7-5-2)34-63-68(60,61)67-48-45(58)43(56)42(55)44(57)47(48)66-49-46(59)41(54)40(53)37(32-50)65-49/h35-37,40-50,53-59H,4-34H2,1-3H3,(H,60,61). The molecule has 68 heavy (non-hydrogen) atoms. The Balaban J connectivity index is 1.94. The number of aliphatic hydroxyl groups is 8. The van der Waals surface area contributed by atoms with Crippen LogP contribution in [0.25, 0.3) is 0 Å². The second kappa shape index (κ2) is 36.5. The van der Waals surface area contributed by atoms with Gasteiger partial charge >= 0.3 is 19.8 Å². The summed E-state index contributed by atoms with van der Waals surface area (Å²) in [5.41, 5.74) is 0. The quantitative estimate of drug-likeness (QED) is 0.0188. The van der Waals surface area contributed by atoms with Crippen LogP contribution < -0.4 is 0 Å². The van der Waals surface area contributed by atoms with Crippen LogP contribution >= 0.6 is 7.82 Å². The van der Waals surface area contributed by atoms with E-state index in [9.17, 15) is 59.9 Å². The summed E-state index contributed by atoms with van der Waals surface area (Å²) in [6.45, 7) is 4.57. The van der Waals surface area contributed by atoms with E-state index in [1.807, 2.05) is 0 Å². The van der Waals surface area contributed by atoms with Crippen LogP contribution in [0.2, 0.25) is 0 Å². The number of rotatable bonds is 40. The molecule has 9 N–H and O–H groups in total. The van der Waals surface area contributed by atoms with Crippen LogP contribution in [0.15, 0.2) is 0 Å². The van der Waals surface area contributed by atoms with E-state index in [4.69, 9.17) is 28.0 Å². The summed E-state index contributed by atoms with van der Waals surface area (Å²) in [7, 11) is -5.37. The maximum Gasteiger partial charge on any atom is 0.472 e. The summed E-state index contributed by atoms with van der Waals surface area (Å²) in [4.78, 5) is 36.6. The first-order valence-corrected chi connectivity index (χ1v) is 27.7. The molecule has 1 aliphatic carbocycles. The van der Waals surface area contributed by atoms with Crippen LogP contribution in [-0.4, -0.2) is 151 Å². The van der Waals surface area contributed by atoms with Crippen molar-refractivity contribution in [2.45, 2.75) is 274 Å². The minimum absolute atomic E-state index is 0.0382. The molecule has 18 nitrogen and oxygen atoms in total. The van der Waals surface area contributed by atoms with Gasteiger partial charge < -0.3 is 64.7 Å². The number of hydrogen-bond donors (Lipinski definition) is 9. The second-order valence-corrected chi connectivity index (χ2v) is 20.8. The Kier molecular flexibility index (Phi) is 33.7. The van der Waals surface area contributed by atoms with Crippen molar-refractivity contribution >= 4 is 19.8 Å². The number of unbranched alkanes of at least 4 members (excludes halogenated alkanes) is 21. The molecule has 0 aromatic heterocycles. The third-order valence-electron chi connectivity index (χ3n) is 13.2. The van der Waals surface area contributed by atoms with Crippen molar-refractivity contribution in [2.75, 3.05) is 19.8 Å². The van der Waals surface area contributed by atoms with Crippen LogP contribution in [-0.2, 0) is 42.1 Å². The van der Waals surface area contributed by atoms with E-state index in [2.05, 4.69) is 20.8 Å². The number of carbonyl (C=O) groups excluding carboxylic acids is 2. The van der Waals surface area contributed by atoms with E-state index in [0.29, 0.717) is 12.8 Å². The molecule has 1 saturated heterocycles. The monoisotopic (exact) mass is 1000 g/mol. The minimum Gasteiger partial charge on any atom is -0.462 e. The largest absolute Gasteiger partial charge is 0.472 e. The van der Waals surface area contributed by atoms with Gasteiger partial charge in [-0.2, -0.15) is 0 Å². The molecule has 1 aliphatic heterocycles. The fraction of sp³-hybridized carbons (Fsp3) is 0.959. The fourth-order valence-electron chi connectivity index (χ4n) is 8.77. The normalized spacial score (nSPS) is 28.2. The predicted molar refractivity (Wildman–Crippen MR) is 254 cm³/mol. The topological polar surface area (TPSA) is 289 Å².